The topological polar surface area (TPSA) is 145 Å². The Bertz CT molecular complexity index is 1550. The zero-order chi connectivity index (χ0) is 27.2. The number of fused-ring (bicyclic) bond motifs is 2. The maximum atomic E-state index is 13.3. The van der Waals surface area contributed by atoms with Gasteiger partial charge in [-0.15, -0.1) is 0 Å². The highest BCUT2D eigenvalue weighted by Crippen LogP contribution is 2.24. The smallest absolute Gasteiger partial charge is 0.405 e. The van der Waals surface area contributed by atoms with E-state index < -0.39 is 33.6 Å². The zero-order valence-electron chi connectivity index (χ0n) is 20.4. The van der Waals surface area contributed by atoms with E-state index in [2.05, 4.69) is 10.3 Å². The van der Waals surface area contributed by atoms with E-state index in [1.54, 1.807) is 42.4 Å². The van der Waals surface area contributed by atoms with E-state index in [0.29, 0.717) is 35.9 Å². The third kappa shape index (κ3) is 4.91. The second-order valence-electron chi connectivity index (χ2n) is 9.19. The van der Waals surface area contributed by atoms with Crippen LogP contribution in [0.1, 0.15) is 11.5 Å². The molecule has 3 amide bonds. The number of carbonyl (C=O) groups excluding carboxylic acids is 2. The van der Waals surface area contributed by atoms with Gasteiger partial charge in [0.1, 0.15) is 11.9 Å². The molecule has 1 aromatic heterocycles. The third-order valence-corrected chi connectivity index (χ3v) is 8.74. The number of halogens is 1. The molecule has 1 saturated heterocycles. The van der Waals surface area contributed by atoms with E-state index in [0.717, 1.165) is 11.1 Å². The third-order valence-electron chi connectivity index (χ3n) is 6.76. The van der Waals surface area contributed by atoms with Crippen LogP contribution in [0.3, 0.4) is 0 Å². The summed E-state index contributed by atoms with van der Waals surface area (Å²) in [4.78, 5) is 43.1. The molecule has 38 heavy (non-hydrogen) atoms. The molecule has 2 aliphatic rings. The number of aromatic nitrogens is 2. The number of nitrogens with one attached hydrogen (secondary N) is 1. The minimum Gasteiger partial charge on any atom is -0.465 e. The first-order valence-corrected chi connectivity index (χ1v) is 13.9. The maximum absolute atomic E-state index is 13.3. The van der Waals surface area contributed by atoms with Crippen molar-refractivity contribution < 1.29 is 27.9 Å². The Morgan fingerprint density at radius 3 is 2.47 bits per heavy atom. The standard InChI is InChI=1S/C24H25ClN6O6S/c1-15-26-12-19-13-30(24(35)31(15)19)29-8-6-28(7-9-29)22(32)21(27-23(33)34)14-38(36,37)20-5-3-16-10-18(25)4-2-17(16)11-20/h2-5,10-12,21,27H,6-9,13-14H2,1H3,(H,33,34)/t21-/m1/s1. The van der Waals surface area contributed by atoms with Crippen LogP contribution in [0.5, 0.6) is 0 Å². The van der Waals surface area contributed by atoms with Crippen molar-refractivity contribution in [1.29, 1.82) is 0 Å². The molecule has 12 nitrogen and oxygen atoms in total. The van der Waals surface area contributed by atoms with Crippen LogP contribution in [0, 0.1) is 6.92 Å². The summed E-state index contributed by atoms with van der Waals surface area (Å²) >= 11 is 6.00. The Balaban J connectivity index is 1.27. The van der Waals surface area contributed by atoms with Gasteiger partial charge in [0.2, 0.25) is 5.91 Å². The number of piperazine rings is 1. The molecular formula is C24H25ClN6O6S. The number of hydrogen-bond donors (Lipinski definition) is 2. The van der Waals surface area contributed by atoms with E-state index in [4.69, 9.17) is 11.6 Å². The van der Waals surface area contributed by atoms with Gasteiger partial charge in [0.05, 0.1) is 29.1 Å². The van der Waals surface area contributed by atoms with Crippen LogP contribution >= 0.6 is 11.6 Å². The number of rotatable bonds is 6. The second kappa shape index (κ2) is 9.89. The van der Waals surface area contributed by atoms with Crippen molar-refractivity contribution in [2.75, 3.05) is 31.9 Å². The lowest BCUT2D eigenvalue weighted by atomic mass is 10.1. The molecule has 2 N–H and O–H groups in total. The van der Waals surface area contributed by atoms with Gasteiger partial charge in [-0.2, -0.15) is 0 Å². The molecule has 0 radical (unpaired) electrons. The highest BCUT2D eigenvalue weighted by molar-refractivity contribution is 7.91. The molecule has 0 bridgehead atoms. The van der Waals surface area contributed by atoms with Gasteiger partial charge in [-0.1, -0.05) is 23.7 Å². The molecule has 3 aromatic rings. The summed E-state index contributed by atoms with van der Waals surface area (Å²) in [5.74, 6) is -0.772. The fraction of sp³-hybridized carbons (Fsp3) is 0.333. The number of hydrazine groups is 1. The monoisotopic (exact) mass is 560 g/mol. The molecule has 2 aliphatic heterocycles. The number of carboxylic acid groups (broad SMARTS) is 1. The van der Waals surface area contributed by atoms with Gasteiger partial charge in [0, 0.05) is 31.2 Å². The van der Waals surface area contributed by atoms with Gasteiger partial charge < -0.3 is 15.3 Å². The van der Waals surface area contributed by atoms with Gasteiger partial charge in [-0.25, -0.2) is 32.6 Å². The minimum atomic E-state index is -4.03. The zero-order valence-corrected chi connectivity index (χ0v) is 21.9. The van der Waals surface area contributed by atoms with Gasteiger partial charge in [0.25, 0.3) is 0 Å². The number of aryl methyl sites for hydroxylation is 1. The fourth-order valence-corrected chi connectivity index (χ4v) is 6.45. The van der Waals surface area contributed by atoms with E-state index >= 15 is 0 Å². The Morgan fingerprint density at radius 2 is 1.79 bits per heavy atom. The van der Waals surface area contributed by atoms with Gasteiger partial charge in [-0.05, 0) is 42.0 Å². The first-order chi connectivity index (χ1) is 18.0. The number of nitrogens with zero attached hydrogens (tertiary/aromatic N) is 5. The van der Waals surface area contributed by atoms with Crippen LogP contribution in [0.15, 0.2) is 47.5 Å². The molecule has 5 rings (SSSR count). The van der Waals surface area contributed by atoms with Gasteiger partial charge in [-0.3, -0.25) is 9.80 Å². The maximum Gasteiger partial charge on any atom is 0.405 e. The molecule has 0 aliphatic carbocycles. The molecule has 1 atom stereocenters. The first-order valence-electron chi connectivity index (χ1n) is 11.8. The average molecular weight is 561 g/mol. The molecule has 2 aromatic carbocycles. The SMILES string of the molecule is Cc1ncc2n1C(=O)N(N1CCN(C(=O)[C@@H](CS(=O)(=O)c3ccc4cc(Cl)ccc4c3)NC(=O)O)CC1)C2. The Morgan fingerprint density at radius 1 is 1.11 bits per heavy atom. The van der Waals surface area contributed by atoms with Crippen LogP contribution in [-0.2, 0) is 21.2 Å². The molecule has 0 unspecified atom stereocenters. The molecule has 0 saturated carbocycles. The Hall–Kier alpha value is -3.68. The van der Waals surface area contributed by atoms with Gasteiger partial charge in [0.15, 0.2) is 9.84 Å². The van der Waals surface area contributed by atoms with Crippen molar-refractivity contribution in [3.8, 4) is 0 Å². The molecule has 0 spiro atoms. The number of amides is 3. The second-order valence-corrected chi connectivity index (χ2v) is 11.7. The van der Waals surface area contributed by atoms with Crippen molar-refractivity contribution in [3.63, 3.8) is 0 Å². The van der Waals surface area contributed by atoms with Crippen molar-refractivity contribution in [2.45, 2.75) is 24.4 Å². The summed E-state index contributed by atoms with van der Waals surface area (Å²) in [6, 6.07) is 7.82. The van der Waals surface area contributed by atoms with Crippen molar-refractivity contribution >= 4 is 50.2 Å². The summed E-state index contributed by atoms with van der Waals surface area (Å²) in [6.45, 7) is 3.17. The normalized spacial score (nSPS) is 17.1. The Kier molecular flexibility index (Phi) is 6.75. The first kappa shape index (κ1) is 25.9. The van der Waals surface area contributed by atoms with E-state index in [9.17, 15) is 27.9 Å². The average Bonchev–Trinajstić information content (AvgIpc) is 3.41. The lowest BCUT2D eigenvalue weighted by molar-refractivity contribution is -0.136. The number of hydrogen-bond acceptors (Lipinski definition) is 7. The largest absolute Gasteiger partial charge is 0.465 e. The summed E-state index contributed by atoms with van der Waals surface area (Å²) in [5.41, 5.74) is 0.777. The predicted molar refractivity (Wildman–Crippen MR) is 137 cm³/mol. The van der Waals surface area contributed by atoms with Gasteiger partial charge >= 0.3 is 12.1 Å². The van der Waals surface area contributed by atoms with E-state index in [1.165, 1.54) is 21.6 Å². The van der Waals surface area contributed by atoms with Crippen LogP contribution in [0.4, 0.5) is 9.59 Å². The predicted octanol–water partition coefficient (Wildman–Crippen LogP) is 1.95. The van der Waals surface area contributed by atoms with Crippen LogP contribution in [-0.4, -0.2) is 94.0 Å². The van der Waals surface area contributed by atoms with Crippen molar-refractivity contribution in [3.05, 3.63) is 59.1 Å². The minimum absolute atomic E-state index is 0.0247. The van der Waals surface area contributed by atoms with Crippen molar-refractivity contribution in [1.82, 2.24) is 29.8 Å². The number of carbonyl (C=O) groups is 3. The Labute approximate surface area is 223 Å². The molecule has 200 valence electrons. The number of sulfone groups is 1. The summed E-state index contributed by atoms with van der Waals surface area (Å²) < 4.78 is 27.9. The number of imidazole rings is 1. The molecule has 14 heteroatoms. The lowest BCUT2D eigenvalue weighted by Gasteiger charge is -2.39. The van der Waals surface area contributed by atoms with E-state index in [-0.39, 0.29) is 24.0 Å². The van der Waals surface area contributed by atoms with E-state index in [1.807, 2.05) is 5.01 Å². The highest BCUT2D eigenvalue weighted by Gasteiger charge is 2.37. The lowest BCUT2D eigenvalue weighted by Crippen LogP contribution is -2.59. The number of benzene rings is 2. The highest BCUT2D eigenvalue weighted by atomic mass is 35.5. The van der Waals surface area contributed by atoms with Crippen molar-refractivity contribution in [2.24, 2.45) is 0 Å². The molecule has 1 fully saturated rings. The summed E-state index contributed by atoms with van der Waals surface area (Å²) in [6.07, 6.45) is 0.152. The fourth-order valence-electron chi connectivity index (χ4n) is 4.83. The quantitative estimate of drug-likeness (QED) is 0.465. The van der Waals surface area contributed by atoms with Crippen LogP contribution in [0.2, 0.25) is 5.02 Å². The van der Waals surface area contributed by atoms with Crippen LogP contribution < -0.4 is 5.32 Å². The molecule has 3 heterocycles. The summed E-state index contributed by atoms with van der Waals surface area (Å²) in [5, 5.41) is 16.7. The van der Waals surface area contributed by atoms with Crippen LogP contribution in [0.25, 0.3) is 10.8 Å². The molecular weight excluding hydrogens is 536 g/mol. The summed E-state index contributed by atoms with van der Waals surface area (Å²) in [7, 11) is -4.03.